The van der Waals surface area contributed by atoms with Crippen LogP contribution in [0.1, 0.15) is 54.6 Å². The van der Waals surface area contributed by atoms with Gasteiger partial charge in [-0.05, 0) is 62.4 Å². The largest absolute Gasteiger partial charge is 0.492 e. The first-order valence-corrected chi connectivity index (χ1v) is 11.0. The highest BCUT2D eigenvalue weighted by Gasteiger charge is 2.27. The third-order valence-electron chi connectivity index (χ3n) is 5.84. The van der Waals surface area contributed by atoms with E-state index in [2.05, 4.69) is 10.6 Å². The van der Waals surface area contributed by atoms with Crippen molar-refractivity contribution in [2.24, 2.45) is 5.92 Å². The van der Waals surface area contributed by atoms with Gasteiger partial charge in [0, 0.05) is 18.5 Å². The van der Waals surface area contributed by atoms with Gasteiger partial charge in [0.2, 0.25) is 5.91 Å². The van der Waals surface area contributed by atoms with Crippen molar-refractivity contribution in [1.82, 2.24) is 10.6 Å². The van der Waals surface area contributed by atoms with Crippen LogP contribution >= 0.6 is 0 Å². The molecule has 1 aliphatic carbocycles. The standard InChI is InChI=1S/C25H32N2O4/c1-18(19-8-10-21(11-9-19)25(29)30-2)27-24(28)20-12-14-22(15-13-20)26-16-17-31-23-6-4-3-5-7-23/h3-11,18,20,22,26H,12-17H2,1-2H3,(H,27,28)/t18-,20?,22?/m0/s1. The van der Waals surface area contributed by atoms with Gasteiger partial charge < -0.3 is 20.1 Å². The number of carbonyl (C=O) groups is 2. The second kappa shape index (κ2) is 11.5. The number of nitrogens with one attached hydrogen (secondary N) is 2. The van der Waals surface area contributed by atoms with Crippen molar-refractivity contribution in [2.45, 2.75) is 44.7 Å². The number of hydrogen-bond donors (Lipinski definition) is 2. The van der Waals surface area contributed by atoms with Crippen molar-refractivity contribution >= 4 is 11.9 Å². The van der Waals surface area contributed by atoms with Gasteiger partial charge in [-0.25, -0.2) is 4.79 Å². The van der Waals surface area contributed by atoms with Crippen molar-refractivity contribution < 1.29 is 19.1 Å². The number of para-hydroxylation sites is 1. The predicted molar refractivity (Wildman–Crippen MR) is 120 cm³/mol. The quantitative estimate of drug-likeness (QED) is 0.472. The molecule has 1 saturated carbocycles. The average Bonchev–Trinajstić information content (AvgIpc) is 2.82. The Balaban J connectivity index is 1.36. The summed E-state index contributed by atoms with van der Waals surface area (Å²) in [6.45, 7) is 3.40. The molecule has 0 unspecified atom stereocenters. The minimum Gasteiger partial charge on any atom is -0.492 e. The number of ether oxygens (including phenoxy) is 2. The van der Waals surface area contributed by atoms with Crippen LogP contribution in [0, 0.1) is 5.92 Å². The van der Waals surface area contributed by atoms with Gasteiger partial charge in [0.1, 0.15) is 12.4 Å². The van der Waals surface area contributed by atoms with Crippen LogP contribution in [0.15, 0.2) is 54.6 Å². The molecule has 6 heteroatoms. The maximum atomic E-state index is 12.7. The molecule has 1 amide bonds. The lowest BCUT2D eigenvalue weighted by Crippen LogP contribution is -2.40. The molecule has 6 nitrogen and oxygen atoms in total. The zero-order valence-electron chi connectivity index (χ0n) is 18.3. The lowest BCUT2D eigenvalue weighted by atomic mass is 9.85. The molecule has 1 aliphatic rings. The Morgan fingerprint density at radius 3 is 2.32 bits per heavy atom. The van der Waals surface area contributed by atoms with Gasteiger partial charge >= 0.3 is 5.97 Å². The van der Waals surface area contributed by atoms with Crippen LogP contribution in [0.3, 0.4) is 0 Å². The Morgan fingerprint density at radius 1 is 1.00 bits per heavy atom. The molecule has 31 heavy (non-hydrogen) atoms. The molecule has 0 spiro atoms. The van der Waals surface area contributed by atoms with E-state index in [9.17, 15) is 9.59 Å². The molecule has 1 fully saturated rings. The van der Waals surface area contributed by atoms with E-state index < -0.39 is 0 Å². The van der Waals surface area contributed by atoms with E-state index in [4.69, 9.17) is 9.47 Å². The smallest absolute Gasteiger partial charge is 0.337 e. The van der Waals surface area contributed by atoms with Crippen molar-refractivity contribution in [3.8, 4) is 5.75 Å². The third-order valence-corrected chi connectivity index (χ3v) is 5.84. The number of amides is 1. The molecular formula is C25H32N2O4. The average molecular weight is 425 g/mol. The fourth-order valence-corrected chi connectivity index (χ4v) is 3.95. The second-order valence-corrected chi connectivity index (χ2v) is 8.01. The molecule has 1 atom stereocenters. The van der Waals surface area contributed by atoms with Gasteiger partial charge in [0.15, 0.2) is 0 Å². The normalized spacial score (nSPS) is 19.3. The number of benzene rings is 2. The Bertz CT molecular complexity index is 830. The maximum Gasteiger partial charge on any atom is 0.337 e. The number of methoxy groups -OCH3 is 1. The van der Waals surface area contributed by atoms with E-state index in [1.807, 2.05) is 49.4 Å². The molecule has 2 aromatic rings. The van der Waals surface area contributed by atoms with E-state index in [1.165, 1.54) is 7.11 Å². The lowest BCUT2D eigenvalue weighted by Gasteiger charge is -2.29. The number of hydrogen-bond acceptors (Lipinski definition) is 5. The molecule has 3 rings (SSSR count). The van der Waals surface area contributed by atoms with Gasteiger partial charge in [-0.3, -0.25) is 4.79 Å². The highest BCUT2D eigenvalue weighted by atomic mass is 16.5. The van der Waals surface area contributed by atoms with Crippen molar-refractivity contribution in [2.75, 3.05) is 20.3 Å². The molecule has 166 valence electrons. The van der Waals surface area contributed by atoms with Crippen molar-refractivity contribution in [3.05, 3.63) is 65.7 Å². The minimum atomic E-state index is -0.361. The summed E-state index contributed by atoms with van der Waals surface area (Å²) in [7, 11) is 1.36. The topological polar surface area (TPSA) is 76.7 Å². The summed E-state index contributed by atoms with van der Waals surface area (Å²) in [6, 6.07) is 17.3. The van der Waals surface area contributed by atoms with Crippen LogP contribution in [-0.4, -0.2) is 38.2 Å². The summed E-state index contributed by atoms with van der Waals surface area (Å²) < 4.78 is 10.4. The van der Waals surface area contributed by atoms with Crippen LogP contribution in [0.25, 0.3) is 0 Å². The summed E-state index contributed by atoms with van der Waals surface area (Å²) in [5.41, 5.74) is 1.47. The summed E-state index contributed by atoms with van der Waals surface area (Å²) in [6.07, 6.45) is 3.76. The second-order valence-electron chi connectivity index (χ2n) is 8.01. The highest BCUT2D eigenvalue weighted by molar-refractivity contribution is 5.89. The van der Waals surface area contributed by atoms with Crippen LogP contribution in [0.5, 0.6) is 5.75 Å². The van der Waals surface area contributed by atoms with E-state index in [0.717, 1.165) is 43.5 Å². The molecule has 0 aromatic heterocycles. The number of rotatable bonds is 9. The first-order chi connectivity index (χ1) is 15.1. The lowest BCUT2D eigenvalue weighted by molar-refractivity contribution is -0.126. The molecular weight excluding hydrogens is 392 g/mol. The van der Waals surface area contributed by atoms with Crippen LogP contribution in [-0.2, 0) is 9.53 Å². The van der Waals surface area contributed by atoms with Gasteiger partial charge in [-0.1, -0.05) is 30.3 Å². The van der Waals surface area contributed by atoms with Crippen LogP contribution in [0.4, 0.5) is 0 Å². The maximum absolute atomic E-state index is 12.7. The first kappa shape index (κ1) is 22.8. The number of carbonyl (C=O) groups excluding carboxylic acids is 2. The highest BCUT2D eigenvalue weighted by Crippen LogP contribution is 2.25. The summed E-state index contributed by atoms with van der Waals surface area (Å²) in [4.78, 5) is 24.3. The Kier molecular flexibility index (Phi) is 8.47. The van der Waals surface area contributed by atoms with Crippen molar-refractivity contribution in [1.29, 1.82) is 0 Å². The SMILES string of the molecule is COC(=O)c1ccc([C@H](C)NC(=O)C2CCC(NCCOc3ccccc3)CC2)cc1. The fourth-order valence-electron chi connectivity index (χ4n) is 3.95. The fraction of sp³-hybridized carbons (Fsp3) is 0.440. The number of esters is 1. The third kappa shape index (κ3) is 6.82. The summed E-state index contributed by atoms with van der Waals surface area (Å²) in [5.74, 6) is 0.685. The monoisotopic (exact) mass is 424 g/mol. The van der Waals surface area contributed by atoms with Gasteiger partial charge in [-0.15, -0.1) is 0 Å². The molecule has 0 radical (unpaired) electrons. The van der Waals surface area contributed by atoms with Gasteiger partial charge in [0.05, 0.1) is 18.7 Å². The van der Waals surface area contributed by atoms with E-state index in [-0.39, 0.29) is 23.8 Å². The van der Waals surface area contributed by atoms with E-state index in [1.54, 1.807) is 12.1 Å². The molecule has 0 bridgehead atoms. The Morgan fingerprint density at radius 2 is 1.68 bits per heavy atom. The minimum absolute atomic E-state index is 0.0513. The Labute approximate surface area is 184 Å². The van der Waals surface area contributed by atoms with Gasteiger partial charge in [0.25, 0.3) is 0 Å². The predicted octanol–water partition coefficient (Wildman–Crippen LogP) is 3.88. The first-order valence-electron chi connectivity index (χ1n) is 11.0. The molecule has 2 N–H and O–H groups in total. The summed E-state index contributed by atoms with van der Waals surface area (Å²) >= 11 is 0. The van der Waals surface area contributed by atoms with Crippen LogP contribution < -0.4 is 15.4 Å². The zero-order valence-corrected chi connectivity index (χ0v) is 18.3. The van der Waals surface area contributed by atoms with E-state index in [0.29, 0.717) is 18.2 Å². The molecule has 2 aromatic carbocycles. The molecule has 0 aliphatic heterocycles. The van der Waals surface area contributed by atoms with Gasteiger partial charge in [-0.2, -0.15) is 0 Å². The molecule has 0 saturated heterocycles. The Hall–Kier alpha value is -2.86. The summed E-state index contributed by atoms with van der Waals surface area (Å²) in [5, 5.41) is 6.66. The van der Waals surface area contributed by atoms with Crippen LogP contribution in [0.2, 0.25) is 0 Å². The van der Waals surface area contributed by atoms with E-state index >= 15 is 0 Å². The van der Waals surface area contributed by atoms with Crippen molar-refractivity contribution in [3.63, 3.8) is 0 Å². The zero-order chi connectivity index (χ0) is 22.1. The molecule has 0 heterocycles.